The molecule has 0 aromatic rings. The molecule has 1 saturated carbocycles. The molecule has 2 atom stereocenters. The first-order valence-corrected chi connectivity index (χ1v) is 5.88. The summed E-state index contributed by atoms with van der Waals surface area (Å²) in [6, 6.07) is 0.197. The van der Waals surface area contributed by atoms with E-state index in [1.807, 2.05) is 6.92 Å². The van der Waals surface area contributed by atoms with Crippen molar-refractivity contribution in [1.82, 2.24) is 4.72 Å². The molecule has 0 aliphatic heterocycles. The van der Waals surface area contributed by atoms with Gasteiger partial charge in [-0.25, -0.2) is 13.1 Å². The highest BCUT2D eigenvalue weighted by Crippen LogP contribution is 2.29. The van der Waals surface area contributed by atoms with Crippen molar-refractivity contribution in [3.8, 4) is 0 Å². The fourth-order valence-corrected chi connectivity index (χ4v) is 2.00. The lowest BCUT2D eigenvalue weighted by Gasteiger charge is -1.99. The summed E-state index contributed by atoms with van der Waals surface area (Å²) in [6.07, 6.45) is 0.978. The van der Waals surface area contributed by atoms with Gasteiger partial charge in [-0.3, -0.25) is 0 Å². The van der Waals surface area contributed by atoms with Crippen molar-refractivity contribution in [2.75, 3.05) is 4.66 Å². The Labute approximate surface area is 69.4 Å². The Balaban J connectivity index is 2.39. The molecule has 0 spiro atoms. The van der Waals surface area contributed by atoms with E-state index in [0.29, 0.717) is 5.92 Å². The van der Waals surface area contributed by atoms with E-state index in [1.54, 1.807) is 0 Å². The Hall–Kier alpha value is 0.390. The van der Waals surface area contributed by atoms with Crippen molar-refractivity contribution >= 4 is 26.0 Å². The average Bonchev–Trinajstić information content (AvgIpc) is 2.46. The minimum atomic E-state index is -3.02. The summed E-state index contributed by atoms with van der Waals surface area (Å²) < 4.78 is 24.2. The van der Waals surface area contributed by atoms with Crippen LogP contribution >= 0.6 is 15.9 Å². The number of alkyl halides is 1. The molecule has 0 aromatic carbocycles. The van der Waals surface area contributed by atoms with E-state index in [2.05, 4.69) is 20.7 Å². The van der Waals surface area contributed by atoms with Gasteiger partial charge < -0.3 is 0 Å². The third-order valence-corrected chi connectivity index (χ3v) is 4.34. The summed E-state index contributed by atoms with van der Waals surface area (Å²) in [7, 11) is -3.02. The van der Waals surface area contributed by atoms with E-state index in [9.17, 15) is 8.42 Å². The van der Waals surface area contributed by atoms with Gasteiger partial charge in [0.05, 0.1) is 0 Å². The van der Waals surface area contributed by atoms with Crippen molar-refractivity contribution in [2.45, 2.75) is 19.4 Å². The predicted molar refractivity (Wildman–Crippen MR) is 43.4 cm³/mol. The quantitative estimate of drug-likeness (QED) is 0.721. The van der Waals surface area contributed by atoms with Gasteiger partial charge in [0.1, 0.15) is 4.66 Å². The highest BCUT2D eigenvalue weighted by atomic mass is 79.9. The number of nitrogens with one attached hydrogen (secondary N) is 1. The van der Waals surface area contributed by atoms with Gasteiger partial charge in [-0.1, -0.05) is 22.9 Å². The maximum atomic E-state index is 10.8. The molecule has 0 saturated heterocycles. The molecule has 1 N–H and O–H groups in total. The van der Waals surface area contributed by atoms with Crippen LogP contribution in [0.2, 0.25) is 0 Å². The predicted octanol–water partition coefficient (Wildman–Crippen LogP) is 0.667. The molecule has 5 heteroatoms. The lowest BCUT2D eigenvalue weighted by molar-refractivity contribution is 0.583. The van der Waals surface area contributed by atoms with E-state index < -0.39 is 10.0 Å². The minimum Gasteiger partial charge on any atom is -0.212 e. The van der Waals surface area contributed by atoms with Gasteiger partial charge in [0, 0.05) is 6.04 Å². The molecule has 60 valence electrons. The van der Waals surface area contributed by atoms with E-state index in [1.165, 1.54) is 0 Å². The van der Waals surface area contributed by atoms with Crippen LogP contribution in [-0.2, 0) is 10.0 Å². The second-order valence-electron chi connectivity index (χ2n) is 2.66. The minimum absolute atomic E-state index is 0.00319. The molecular weight excluding hydrogens is 218 g/mol. The molecular formula is C5H10BrNO2S. The Kier molecular flexibility index (Phi) is 2.37. The van der Waals surface area contributed by atoms with Gasteiger partial charge in [0.25, 0.3) is 0 Å². The molecule has 1 fully saturated rings. The second kappa shape index (κ2) is 2.79. The van der Waals surface area contributed by atoms with Crippen LogP contribution in [0.3, 0.4) is 0 Å². The largest absolute Gasteiger partial charge is 0.221 e. The average molecular weight is 228 g/mol. The number of halogens is 1. The topological polar surface area (TPSA) is 46.2 Å². The summed E-state index contributed by atoms with van der Waals surface area (Å²) in [6.45, 7) is 2.03. The van der Waals surface area contributed by atoms with Crippen LogP contribution in [0.1, 0.15) is 13.3 Å². The van der Waals surface area contributed by atoms with Crippen molar-refractivity contribution in [1.29, 1.82) is 0 Å². The Morgan fingerprint density at radius 1 is 1.70 bits per heavy atom. The first-order valence-electron chi connectivity index (χ1n) is 3.11. The lowest BCUT2D eigenvalue weighted by atomic mass is 10.5. The first kappa shape index (κ1) is 8.49. The zero-order valence-corrected chi connectivity index (χ0v) is 8.07. The monoisotopic (exact) mass is 227 g/mol. The number of hydrogen-bond acceptors (Lipinski definition) is 2. The van der Waals surface area contributed by atoms with Crippen molar-refractivity contribution < 1.29 is 8.42 Å². The molecule has 0 aromatic heterocycles. The fourth-order valence-electron chi connectivity index (χ4n) is 0.748. The van der Waals surface area contributed by atoms with E-state index >= 15 is 0 Å². The Morgan fingerprint density at radius 3 is 2.50 bits per heavy atom. The number of sulfonamides is 1. The molecule has 0 heterocycles. The zero-order chi connectivity index (χ0) is 7.78. The number of rotatable bonds is 3. The van der Waals surface area contributed by atoms with Gasteiger partial charge >= 0.3 is 0 Å². The Bertz CT molecular complexity index is 214. The highest BCUT2D eigenvalue weighted by Gasteiger charge is 2.35. The highest BCUT2D eigenvalue weighted by molar-refractivity contribution is 9.10. The molecule has 3 nitrogen and oxygen atoms in total. The van der Waals surface area contributed by atoms with Crippen LogP contribution in [0.25, 0.3) is 0 Å². The molecule has 1 rings (SSSR count). The normalized spacial score (nSPS) is 32.2. The SMILES string of the molecule is CC1CC1NS(=O)(=O)CBr. The molecule has 2 unspecified atom stereocenters. The summed E-state index contributed by atoms with van der Waals surface area (Å²) >= 11 is 2.90. The maximum Gasteiger partial charge on any atom is 0.221 e. The van der Waals surface area contributed by atoms with Crippen LogP contribution < -0.4 is 4.72 Å². The van der Waals surface area contributed by atoms with Crippen LogP contribution in [0, 0.1) is 5.92 Å². The van der Waals surface area contributed by atoms with Gasteiger partial charge in [-0.15, -0.1) is 0 Å². The summed E-state index contributed by atoms with van der Waals surface area (Å²) in [5.41, 5.74) is 0. The van der Waals surface area contributed by atoms with Crippen LogP contribution in [0.15, 0.2) is 0 Å². The molecule has 1 aliphatic carbocycles. The maximum absolute atomic E-state index is 10.8. The molecule has 0 bridgehead atoms. The summed E-state index contributed by atoms with van der Waals surface area (Å²) in [5, 5.41) is 0. The molecule has 10 heavy (non-hydrogen) atoms. The van der Waals surface area contributed by atoms with E-state index in [4.69, 9.17) is 0 Å². The van der Waals surface area contributed by atoms with Gasteiger partial charge in [0.15, 0.2) is 0 Å². The van der Waals surface area contributed by atoms with Gasteiger partial charge in [-0.2, -0.15) is 0 Å². The molecule has 0 amide bonds. The summed E-state index contributed by atoms with van der Waals surface area (Å²) in [5.74, 6) is 0.522. The fraction of sp³-hybridized carbons (Fsp3) is 1.00. The van der Waals surface area contributed by atoms with Crippen LogP contribution in [0.5, 0.6) is 0 Å². The molecule has 0 radical (unpaired) electrons. The number of hydrogen-bond donors (Lipinski definition) is 1. The van der Waals surface area contributed by atoms with Crippen molar-refractivity contribution in [3.05, 3.63) is 0 Å². The van der Waals surface area contributed by atoms with Crippen LogP contribution in [0.4, 0.5) is 0 Å². The molecule has 1 aliphatic rings. The van der Waals surface area contributed by atoms with Gasteiger partial charge in [0.2, 0.25) is 10.0 Å². The van der Waals surface area contributed by atoms with E-state index in [0.717, 1.165) is 6.42 Å². The second-order valence-corrected chi connectivity index (χ2v) is 5.72. The van der Waals surface area contributed by atoms with Crippen molar-refractivity contribution in [3.63, 3.8) is 0 Å². The standard InChI is InChI=1S/C5H10BrNO2S/c1-4-2-5(4)7-10(8,9)3-6/h4-5,7H,2-3H2,1H3. The third kappa shape index (κ3) is 2.21. The van der Waals surface area contributed by atoms with Crippen molar-refractivity contribution in [2.24, 2.45) is 5.92 Å². The Morgan fingerprint density at radius 2 is 2.20 bits per heavy atom. The smallest absolute Gasteiger partial charge is 0.212 e. The van der Waals surface area contributed by atoms with Gasteiger partial charge in [-0.05, 0) is 12.3 Å². The lowest BCUT2D eigenvalue weighted by Crippen LogP contribution is -2.27. The summed E-state index contributed by atoms with van der Waals surface area (Å²) in [4.78, 5) is 0. The zero-order valence-electron chi connectivity index (χ0n) is 5.67. The van der Waals surface area contributed by atoms with E-state index in [-0.39, 0.29) is 10.7 Å². The first-order chi connectivity index (χ1) is 4.55. The third-order valence-electron chi connectivity index (χ3n) is 1.58. The van der Waals surface area contributed by atoms with Crippen LogP contribution in [-0.4, -0.2) is 19.1 Å².